The van der Waals surface area contributed by atoms with Crippen LogP contribution in [0.1, 0.15) is 56.7 Å². The summed E-state index contributed by atoms with van der Waals surface area (Å²) >= 11 is 0. The van der Waals surface area contributed by atoms with E-state index in [9.17, 15) is 5.11 Å². The fourth-order valence-corrected chi connectivity index (χ4v) is 3.53. The first kappa shape index (κ1) is 15.3. The molecule has 1 aliphatic rings. The Morgan fingerprint density at radius 1 is 1.27 bits per heavy atom. The van der Waals surface area contributed by atoms with Crippen molar-refractivity contribution in [3.63, 3.8) is 0 Å². The Kier molecular flexibility index (Phi) is 4.93. The third-order valence-electron chi connectivity index (χ3n) is 4.82. The highest BCUT2D eigenvalue weighted by Gasteiger charge is 2.26. The van der Waals surface area contributed by atoms with Crippen LogP contribution in [0.4, 0.5) is 0 Å². The number of aliphatic hydroxyl groups excluding tert-OH is 1. The van der Waals surface area contributed by atoms with Gasteiger partial charge in [0.05, 0.1) is 0 Å². The maximum atomic E-state index is 10.7. The zero-order valence-corrected chi connectivity index (χ0v) is 13.4. The molecule has 5 nitrogen and oxygen atoms in total. The molecule has 3 rings (SSSR count). The predicted octanol–water partition coefficient (Wildman–Crippen LogP) is 2.96. The average molecular weight is 302 g/mol. The fourth-order valence-electron chi connectivity index (χ4n) is 3.53. The summed E-state index contributed by atoms with van der Waals surface area (Å²) in [5.74, 6) is 1.20. The molecule has 1 atom stereocenters. The topological polar surface area (TPSA) is 55.9 Å². The van der Waals surface area contributed by atoms with Gasteiger partial charge in [-0.3, -0.25) is 4.68 Å². The summed E-state index contributed by atoms with van der Waals surface area (Å²) in [6, 6.07) is 2.07. The second-order valence-corrected chi connectivity index (χ2v) is 6.21. The first-order valence-electron chi connectivity index (χ1n) is 8.49. The summed E-state index contributed by atoms with van der Waals surface area (Å²) in [5.41, 5.74) is 1.23. The Labute approximate surface area is 132 Å². The highest BCUT2D eigenvalue weighted by atomic mass is 16.3. The summed E-state index contributed by atoms with van der Waals surface area (Å²) in [4.78, 5) is 4.42. The molecule has 1 saturated carbocycles. The Morgan fingerprint density at radius 2 is 2.09 bits per heavy atom. The van der Waals surface area contributed by atoms with E-state index < -0.39 is 6.10 Å². The van der Waals surface area contributed by atoms with E-state index in [1.807, 2.05) is 17.1 Å². The molecule has 1 unspecified atom stereocenters. The Hall–Kier alpha value is -1.62. The number of aryl methyl sites for hydroxylation is 3. The number of imidazole rings is 1. The van der Waals surface area contributed by atoms with Crippen molar-refractivity contribution in [2.45, 2.75) is 64.6 Å². The van der Waals surface area contributed by atoms with Crippen molar-refractivity contribution in [2.24, 2.45) is 5.92 Å². The molecule has 2 aromatic rings. The summed E-state index contributed by atoms with van der Waals surface area (Å²) in [6.07, 6.45) is 12.1. The van der Waals surface area contributed by atoms with Crippen LogP contribution >= 0.6 is 0 Å². The Bertz CT molecular complexity index is 583. The molecule has 1 aliphatic carbocycles. The van der Waals surface area contributed by atoms with E-state index in [0.717, 1.165) is 38.2 Å². The van der Waals surface area contributed by atoms with Gasteiger partial charge in [0.25, 0.3) is 0 Å². The van der Waals surface area contributed by atoms with Crippen LogP contribution in [0.25, 0.3) is 0 Å². The van der Waals surface area contributed by atoms with Crippen LogP contribution in [-0.2, 0) is 19.5 Å². The van der Waals surface area contributed by atoms with Gasteiger partial charge in [-0.05, 0) is 31.7 Å². The number of hydrogen-bond acceptors (Lipinski definition) is 3. The lowest BCUT2D eigenvalue weighted by molar-refractivity contribution is 0.0739. The highest BCUT2D eigenvalue weighted by Crippen LogP contribution is 2.33. The second-order valence-electron chi connectivity index (χ2n) is 6.21. The Balaban J connectivity index is 1.66. The smallest absolute Gasteiger partial charge is 0.137 e. The van der Waals surface area contributed by atoms with Crippen LogP contribution in [0.3, 0.4) is 0 Å². The van der Waals surface area contributed by atoms with E-state index in [2.05, 4.69) is 27.6 Å². The standard InChI is InChI=1S/C17H26N4O/c1-2-21-15(8-10-19-21)9-12-20-13-11-18-17(20)16(22)14-6-4-3-5-7-14/h8,10-11,13-14,16,22H,2-7,9,12H2,1H3. The van der Waals surface area contributed by atoms with Gasteiger partial charge >= 0.3 is 0 Å². The first-order valence-corrected chi connectivity index (χ1v) is 8.49. The summed E-state index contributed by atoms with van der Waals surface area (Å²) in [6.45, 7) is 3.83. The minimum Gasteiger partial charge on any atom is -0.385 e. The summed E-state index contributed by atoms with van der Waals surface area (Å²) in [7, 11) is 0. The van der Waals surface area contributed by atoms with E-state index >= 15 is 0 Å². The monoisotopic (exact) mass is 302 g/mol. The van der Waals surface area contributed by atoms with Crippen LogP contribution in [0.5, 0.6) is 0 Å². The molecule has 5 heteroatoms. The number of nitrogens with zero attached hydrogens (tertiary/aromatic N) is 4. The highest BCUT2D eigenvalue weighted by molar-refractivity contribution is 5.03. The lowest BCUT2D eigenvalue weighted by Crippen LogP contribution is -2.20. The molecule has 0 amide bonds. The zero-order valence-electron chi connectivity index (χ0n) is 13.4. The van der Waals surface area contributed by atoms with Crippen molar-refractivity contribution in [1.82, 2.24) is 19.3 Å². The van der Waals surface area contributed by atoms with Crippen molar-refractivity contribution < 1.29 is 5.11 Å². The van der Waals surface area contributed by atoms with Gasteiger partial charge in [-0.15, -0.1) is 0 Å². The molecule has 0 saturated heterocycles. The molecule has 1 N–H and O–H groups in total. The van der Waals surface area contributed by atoms with Crippen LogP contribution in [0, 0.1) is 5.92 Å². The minimum atomic E-state index is -0.425. The number of aliphatic hydroxyl groups is 1. The van der Waals surface area contributed by atoms with Crippen molar-refractivity contribution in [3.05, 3.63) is 36.2 Å². The fraction of sp³-hybridized carbons (Fsp3) is 0.647. The number of aromatic nitrogens is 4. The van der Waals surface area contributed by atoms with Gasteiger partial charge in [0, 0.05) is 43.8 Å². The van der Waals surface area contributed by atoms with Gasteiger partial charge < -0.3 is 9.67 Å². The summed E-state index contributed by atoms with van der Waals surface area (Å²) < 4.78 is 4.13. The normalized spacial score (nSPS) is 17.7. The average Bonchev–Trinajstić information content (AvgIpc) is 3.21. The van der Waals surface area contributed by atoms with Gasteiger partial charge in [0.15, 0.2) is 0 Å². The van der Waals surface area contributed by atoms with Gasteiger partial charge in [0.2, 0.25) is 0 Å². The number of hydrogen-bond donors (Lipinski definition) is 1. The van der Waals surface area contributed by atoms with E-state index in [4.69, 9.17) is 0 Å². The third kappa shape index (κ3) is 3.24. The van der Waals surface area contributed by atoms with Gasteiger partial charge in [0.1, 0.15) is 11.9 Å². The number of rotatable bonds is 6. The van der Waals surface area contributed by atoms with E-state index in [0.29, 0.717) is 5.92 Å². The van der Waals surface area contributed by atoms with E-state index in [1.165, 1.54) is 25.0 Å². The lowest BCUT2D eigenvalue weighted by Gasteiger charge is -2.26. The zero-order chi connectivity index (χ0) is 15.4. The molecule has 22 heavy (non-hydrogen) atoms. The van der Waals surface area contributed by atoms with Gasteiger partial charge in [-0.25, -0.2) is 4.98 Å². The SMILES string of the molecule is CCn1nccc1CCn1ccnc1C(O)C1CCCCC1. The molecular formula is C17H26N4O. The maximum Gasteiger partial charge on any atom is 0.137 e. The first-order chi connectivity index (χ1) is 10.8. The molecular weight excluding hydrogens is 276 g/mol. The van der Waals surface area contributed by atoms with Crippen LogP contribution < -0.4 is 0 Å². The van der Waals surface area contributed by atoms with E-state index in [-0.39, 0.29) is 0 Å². The quantitative estimate of drug-likeness (QED) is 0.892. The van der Waals surface area contributed by atoms with Crippen LogP contribution in [0.15, 0.2) is 24.7 Å². The van der Waals surface area contributed by atoms with E-state index in [1.54, 1.807) is 6.20 Å². The molecule has 2 heterocycles. The van der Waals surface area contributed by atoms with Crippen molar-refractivity contribution in [1.29, 1.82) is 0 Å². The van der Waals surface area contributed by atoms with Crippen LogP contribution in [-0.4, -0.2) is 24.4 Å². The van der Waals surface area contributed by atoms with Crippen LogP contribution in [0.2, 0.25) is 0 Å². The molecule has 0 aromatic carbocycles. The van der Waals surface area contributed by atoms with Crippen molar-refractivity contribution >= 4 is 0 Å². The largest absolute Gasteiger partial charge is 0.385 e. The minimum absolute atomic E-state index is 0.371. The maximum absolute atomic E-state index is 10.7. The molecule has 0 aliphatic heterocycles. The molecule has 1 fully saturated rings. The molecule has 0 spiro atoms. The molecule has 0 bridgehead atoms. The summed E-state index contributed by atoms with van der Waals surface area (Å²) in [5, 5.41) is 15.0. The van der Waals surface area contributed by atoms with Gasteiger partial charge in [-0.2, -0.15) is 5.10 Å². The Morgan fingerprint density at radius 3 is 2.86 bits per heavy atom. The second kappa shape index (κ2) is 7.09. The van der Waals surface area contributed by atoms with Crippen molar-refractivity contribution in [2.75, 3.05) is 0 Å². The molecule has 2 aromatic heterocycles. The third-order valence-corrected chi connectivity index (χ3v) is 4.82. The molecule has 0 radical (unpaired) electrons. The lowest BCUT2D eigenvalue weighted by atomic mass is 9.85. The predicted molar refractivity (Wildman–Crippen MR) is 85.4 cm³/mol. The van der Waals surface area contributed by atoms with Gasteiger partial charge in [-0.1, -0.05) is 19.3 Å². The van der Waals surface area contributed by atoms with Crippen molar-refractivity contribution in [3.8, 4) is 0 Å². The molecule has 120 valence electrons.